The lowest BCUT2D eigenvalue weighted by atomic mass is 10.1. The van der Waals surface area contributed by atoms with Gasteiger partial charge in [-0.15, -0.1) is 0 Å². The zero-order chi connectivity index (χ0) is 13.7. The van der Waals surface area contributed by atoms with E-state index >= 15 is 0 Å². The second-order valence-electron chi connectivity index (χ2n) is 4.10. The van der Waals surface area contributed by atoms with Crippen LogP contribution in [-0.2, 0) is 13.2 Å². The number of benzene rings is 2. The molecule has 0 amide bonds. The number of hydrogen-bond acceptors (Lipinski definition) is 3. The van der Waals surface area contributed by atoms with Crippen molar-refractivity contribution < 1.29 is 19.0 Å². The smallest absolute Gasteiger partial charge is 0.150 e. The second kappa shape index (κ2) is 6.11. The van der Waals surface area contributed by atoms with Gasteiger partial charge in [-0.3, -0.25) is 4.79 Å². The molecule has 0 saturated carbocycles. The Hall–Kier alpha value is -2.20. The van der Waals surface area contributed by atoms with Crippen LogP contribution in [0.3, 0.4) is 0 Å². The van der Waals surface area contributed by atoms with Crippen molar-refractivity contribution in [2.75, 3.05) is 0 Å². The maximum Gasteiger partial charge on any atom is 0.150 e. The van der Waals surface area contributed by atoms with E-state index in [0.29, 0.717) is 16.9 Å². The second-order valence-corrected chi connectivity index (χ2v) is 4.10. The van der Waals surface area contributed by atoms with Crippen LogP contribution in [0.5, 0.6) is 5.75 Å². The fourth-order valence-electron chi connectivity index (χ4n) is 1.72. The van der Waals surface area contributed by atoms with E-state index in [1.807, 2.05) is 6.07 Å². The Morgan fingerprint density at radius 2 is 2.00 bits per heavy atom. The Morgan fingerprint density at radius 3 is 2.74 bits per heavy atom. The monoisotopic (exact) mass is 260 g/mol. The van der Waals surface area contributed by atoms with Gasteiger partial charge in [0.05, 0.1) is 6.61 Å². The van der Waals surface area contributed by atoms with E-state index in [4.69, 9.17) is 9.84 Å². The number of hydrogen-bond donors (Lipinski definition) is 1. The number of aliphatic hydroxyl groups excluding tert-OH is 1. The standard InChI is InChI=1S/C15H13FO3/c16-14-5-13(9-18)6-15(7-14)19-10-12-3-1-2-11(4-12)8-17/h1-8,18H,9-10H2. The normalized spacial score (nSPS) is 10.2. The summed E-state index contributed by atoms with van der Waals surface area (Å²) in [6.45, 7) is -0.00918. The van der Waals surface area contributed by atoms with Gasteiger partial charge in [0, 0.05) is 11.6 Å². The Labute approximate surface area is 110 Å². The Morgan fingerprint density at radius 1 is 1.16 bits per heavy atom. The van der Waals surface area contributed by atoms with Crippen LogP contribution >= 0.6 is 0 Å². The largest absolute Gasteiger partial charge is 0.489 e. The average Bonchev–Trinajstić information content (AvgIpc) is 2.44. The van der Waals surface area contributed by atoms with Crippen LogP contribution in [0.4, 0.5) is 4.39 Å². The highest BCUT2D eigenvalue weighted by atomic mass is 19.1. The molecule has 0 heterocycles. The molecule has 2 aromatic carbocycles. The molecule has 0 atom stereocenters. The molecule has 0 aliphatic heterocycles. The SMILES string of the molecule is O=Cc1cccc(COc2cc(F)cc(CO)c2)c1. The lowest BCUT2D eigenvalue weighted by Crippen LogP contribution is -1.98. The van der Waals surface area contributed by atoms with Crippen LogP contribution < -0.4 is 4.74 Å². The van der Waals surface area contributed by atoms with E-state index in [-0.39, 0.29) is 13.2 Å². The van der Waals surface area contributed by atoms with E-state index < -0.39 is 5.82 Å². The van der Waals surface area contributed by atoms with Crippen LogP contribution in [0, 0.1) is 5.82 Å². The zero-order valence-electron chi connectivity index (χ0n) is 10.2. The number of aldehydes is 1. The number of halogens is 1. The summed E-state index contributed by atoms with van der Waals surface area (Å²) in [5, 5.41) is 8.98. The molecule has 0 bridgehead atoms. The minimum Gasteiger partial charge on any atom is -0.489 e. The van der Waals surface area contributed by atoms with E-state index in [2.05, 4.69) is 0 Å². The third kappa shape index (κ3) is 3.63. The van der Waals surface area contributed by atoms with Crippen molar-refractivity contribution in [1.82, 2.24) is 0 Å². The highest BCUT2D eigenvalue weighted by Gasteiger charge is 2.02. The molecule has 2 aromatic rings. The molecule has 0 radical (unpaired) electrons. The van der Waals surface area contributed by atoms with E-state index in [0.717, 1.165) is 11.8 Å². The van der Waals surface area contributed by atoms with E-state index in [9.17, 15) is 9.18 Å². The zero-order valence-corrected chi connectivity index (χ0v) is 10.2. The third-order valence-corrected chi connectivity index (χ3v) is 2.61. The molecule has 0 spiro atoms. The van der Waals surface area contributed by atoms with Crippen molar-refractivity contribution in [3.63, 3.8) is 0 Å². The molecule has 0 unspecified atom stereocenters. The average molecular weight is 260 g/mol. The number of aliphatic hydroxyl groups is 1. The Bertz CT molecular complexity index is 581. The van der Waals surface area contributed by atoms with Crippen molar-refractivity contribution in [1.29, 1.82) is 0 Å². The summed E-state index contributed by atoms with van der Waals surface area (Å²) in [5.41, 5.74) is 1.84. The van der Waals surface area contributed by atoms with Gasteiger partial charge in [-0.25, -0.2) is 4.39 Å². The molecule has 98 valence electrons. The summed E-state index contributed by atoms with van der Waals surface area (Å²) in [6, 6.07) is 11.1. The highest BCUT2D eigenvalue weighted by molar-refractivity contribution is 5.74. The van der Waals surface area contributed by atoms with Gasteiger partial charge in [-0.2, -0.15) is 0 Å². The first kappa shape index (κ1) is 13.2. The van der Waals surface area contributed by atoms with Crippen LogP contribution in [-0.4, -0.2) is 11.4 Å². The summed E-state index contributed by atoms with van der Waals surface area (Å²) < 4.78 is 18.7. The molecular weight excluding hydrogens is 247 g/mol. The minimum absolute atomic E-state index is 0.232. The van der Waals surface area contributed by atoms with Crippen LogP contribution in [0.15, 0.2) is 42.5 Å². The first-order chi connectivity index (χ1) is 9.21. The Balaban J connectivity index is 2.09. The van der Waals surface area contributed by atoms with Gasteiger partial charge in [0.15, 0.2) is 0 Å². The van der Waals surface area contributed by atoms with Crippen LogP contribution in [0.25, 0.3) is 0 Å². The first-order valence-corrected chi connectivity index (χ1v) is 5.78. The minimum atomic E-state index is -0.455. The molecule has 2 rings (SSSR count). The molecule has 0 aliphatic carbocycles. The maximum atomic E-state index is 13.2. The Kier molecular flexibility index (Phi) is 4.26. The van der Waals surface area contributed by atoms with Gasteiger partial charge < -0.3 is 9.84 Å². The molecule has 1 N–H and O–H groups in total. The van der Waals surface area contributed by atoms with Gasteiger partial charge in [0.1, 0.15) is 24.5 Å². The molecule has 19 heavy (non-hydrogen) atoms. The predicted molar refractivity (Wildman–Crippen MR) is 68.5 cm³/mol. The predicted octanol–water partition coefficient (Wildman–Crippen LogP) is 2.71. The first-order valence-electron chi connectivity index (χ1n) is 5.78. The van der Waals surface area contributed by atoms with Gasteiger partial charge in [0.25, 0.3) is 0 Å². The third-order valence-electron chi connectivity index (χ3n) is 2.61. The molecule has 0 aromatic heterocycles. The molecular formula is C15H13FO3. The fraction of sp³-hybridized carbons (Fsp3) is 0.133. The number of rotatable bonds is 5. The van der Waals surface area contributed by atoms with Crippen molar-refractivity contribution >= 4 is 6.29 Å². The van der Waals surface area contributed by atoms with Crippen molar-refractivity contribution in [2.45, 2.75) is 13.2 Å². The fourth-order valence-corrected chi connectivity index (χ4v) is 1.72. The summed E-state index contributed by atoms with van der Waals surface area (Å²) in [6.07, 6.45) is 0.759. The van der Waals surface area contributed by atoms with Crippen LogP contribution in [0.1, 0.15) is 21.5 Å². The number of ether oxygens (including phenoxy) is 1. The quantitative estimate of drug-likeness (QED) is 0.841. The summed E-state index contributed by atoms with van der Waals surface area (Å²) in [7, 11) is 0. The van der Waals surface area contributed by atoms with Gasteiger partial charge >= 0.3 is 0 Å². The van der Waals surface area contributed by atoms with E-state index in [1.54, 1.807) is 24.3 Å². The lowest BCUT2D eigenvalue weighted by molar-refractivity contribution is 0.112. The summed E-state index contributed by atoms with van der Waals surface area (Å²) in [5.74, 6) is -0.108. The van der Waals surface area contributed by atoms with Crippen molar-refractivity contribution in [2.24, 2.45) is 0 Å². The molecule has 0 aliphatic rings. The molecule has 0 fully saturated rings. The molecule has 0 saturated heterocycles. The lowest BCUT2D eigenvalue weighted by Gasteiger charge is -2.08. The van der Waals surface area contributed by atoms with Crippen LogP contribution in [0.2, 0.25) is 0 Å². The summed E-state index contributed by atoms with van der Waals surface area (Å²) in [4.78, 5) is 10.6. The van der Waals surface area contributed by atoms with Gasteiger partial charge in [0.2, 0.25) is 0 Å². The topological polar surface area (TPSA) is 46.5 Å². The molecule has 3 nitrogen and oxygen atoms in total. The van der Waals surface area contributed by atoms with Crippen molar-refractivity contribution in [3.8, 4) is 5.75 Å². The summed E-state index contributed by atoms with van der Waals surface area (Å²) >= 11 is 0. The number of carbonyl (C=O) groups excluding carboxylic acids is 1. The van der Waals surface area contributed by atoms with Gasteiger partial charge in [-0.1, -0.05) is 18.2 Å². The number of carbonyl (C=O) groups is 1. The van der Waals surface area contributed by atoms with E-state index in [1.165, 1.54) is 12.1 Å². The van der Waals surface area contributed by atoms with Crippen molar-refractivity contribution in [3.05, 3.63) is 65.0 Å². The molecule has 4 heteroatoms. The van der Waals surface area contributed by atoms with Gasteiger partial charge in [-0.05, 0) is 29.3 Å². The highest BCUT2D eigenvalue weighted by Crippen LogP contribution is 2.18. The maximum absolute atomic E-state index is 13.2.